The van der Waals surface area contributed by atoms with Gasteiger partial charge in [0.2, 0.25) is 6.23 Å². The van der Waals surface area contributed by atoms with E-state index < -0.39 is 18.2 Å². The van der Waals surface area contributed by atoms with Crippen LogP contribution in [0.15, 0.2) is 42.5 Å². The maximum atomic E-state index is 13.0. The number of ether oxygens (including phenoxy) is 4. The van der Waals surface area contributed by atoms with Gasteiger partial charge in [-0.3, -0.25) is 4.79 Å². The van der Waals surface area contributed by atoms with Crippen LogP contribution in [0.25, 0.3) is 0 Å². The highest BCUT2D eigenvalue weighted by Gasteiger charge is 2.37. The zero-order chi connectivity index (χ0) is 25.1. The molecule has 1 amide bonds. The normalized spacial score (nSPS) is 14.1. The van der Waals surface area contributed by atoms with Gasteiger partial charge in [-0.2, -0.15) is 0 Å². The van der Waals surface area contributed by atoms with Crippen LogP contribution in [0.2, 0.25) is 0 Å². The lowest BCUT2D eigenvalue weighted by atomic mass is 10.1. The summed E-state index contributed by atoms with van der Waals surface area (Å²) in [6, 6.07) is 12.3. The van der Waals surface area contributed by atoms with Crippen LogP contribution in [0.4, 0.5) is 10.7 Å². The second kappa shape index (κ2) is 10.1. The third-order valence-corrected chi connectivity index (χ3v) is 6.64. The summed E-state index contributed by atoms with van der Waals surface area (Å²) in [5, 5.41) is 6.28. The maximum absolute atomic E-state index is 13.0. The minimum absolute atomic E-state index is 0.164. The number of anilines is 2. The Morgan fingerprint density at radius 2 is 1.83 bits per heavy atom. The molecule has 2 N–H and O–H groups in total. The number of benzene rings is 2. The predicted octanol–water partition coefficient (Wildman–Crippen LogP) is 4.78. The maximum Gasteiger partial charge on any atom is 0.344 e. The summed E-state index contributed by atoms with van der Waals surface area (Å²) in [5.74, 6) is -0.897. The van der Waals surface area contributed by atoms with Gasteiger partial charge in [0, 0.05) is 11.3 Å². The van der Waals surface area contributed by atoms with Crippen molar-refractivity contribution in [3.05, 3.63) is 69.6 Å². The second-order valence-corrected chi connectivity index (χ2v) is 8.52. The topological polar surface area (TPSA) is 112 Å². The number of esters is 2. The van der Waals surface area contributed by atoms with Gasteiger partial charge in [0.25, 0.3) is 5.91 Å². The first kappa shape index (κ1) is 24.1. The molecule has 0 spiro atoms. The van der Waals surface area contributed by atoms with Crippen LogP contribution in [0.1, 0.15) is 54.7 Å². The van der Waals surface area contributed by atoms with E-state index in [4.69, 9.17) is 18.9 Å². The summed E-state index contributed by atoms with van der Waals surface area (Å²) in [6.45, 7) is 3.54. The van der Waals surface area contributed by atoms with Gasteiger partial charge in [-0.1, -0.05) is 18.2 Å². The molecule has 1 atom stereocenters. The predicted molar refractivity (Wildman–Crippen MR) is 131 cm³/mol. The van der Waals surface area contributed by atoms with Crippen LogP contribution >= 0.6 is 11.3 Å². The Morgan fingerprint density at radius 3 is 2.49 bits per heavy atom. The van der Waals surface area contributed by atoms with E-state index in [1.54, 1.807) is 38.1 Å². The molecule has 2 heterocycles. The molecule has 0 fully saturated rings. The summed E-state index contributed by atoms with van der Waals surface area (Å²) in [7, 11) is 2.91. The summed E-state index contributed by atoms with van der Waals surface area (Å²) >= 11 is 1.08. The molecule has 10 heteroatoms. The minimum Gasteiger partial charge on any atom is -0.493 e. The molecule has 4 rings (SSSR count). The molecular formula is C25H24N2O7S. The zero-order valence-electron chi connectivity index (χ0n) is 19.6. The van der Waals surface area contributed by atoms with Gasteiger partial charge < -0.3 is 29.6 Å². The third kappa shape index (κ3) is 4.52. The number of hydrogen-bond acceptors (Lipinski definition) is 9. The van der Waals surface area contributed by atoms with Gasteiger partial charge in [-0.05, 0) is 43.7 Å². The fourth-order valence-corrected chi connectivity index (χ4v) is 4.92. The molecule has 2 aromatic carbocycles. The SMILES string of the molecule is CCOC(=O)c1c(NC2OC(=O)c3c2ccc(OC)c3OC)sc(C(=O)Nc2ccccc2)c1C. The number of amides is 1. The van der Waals surface area contributed by atoms with Crippen molar-refractivity contribution in [3.8, 4) is 11.5 Å². The van der Waals surface area contributed by atoms with Gasteiger partial charge in [0.05, 0.1) is 31.3 Å². The number of carbonyl (C=O) groups is 3. The molecule has 9 nitrogen and oxygen atoms in total. The van der Waals surface area contributed by atoms with Crippen molar-refractivity contribution in [2.45, 2.75) is 20.1 Å². The molecular weight excluding hydrogens is 472 g/mol. The van der Waals surface area contributed by atoms with E-state index in [-0.39, 0.29) is 29.4 Å². The first-order valence-corrected chi connectivity index (χ1v) is 11.6. The Morgan fingerprint density at radius 1 is 1.09 bits per heavy atom. The summed E-state index contributed by atoms with van der Waals surface area (Å²) in [4.78, 5) is 38.8. The third-order valence-electron chi connectivity index (χ3n) is 5.42. The summed E-state index contributed by atoms with van der Waals surface area (Å²) in [6.07, 6.45) is -0.909. The van der Waals surface area contributed by atoms with Crippen molar-refractivity contribution in [3.63, 3.8) is 0 Å². The van der Waals surface area contributed by atoms with Crippen molar-refractivity contribution >= 4 is 39.9 Å². The molecule has 0 radical (unpaired) electrons. The molecule has 1 aliphatic heterocycles. The highest BCUT2D eigenvalue weighted by Crippen LogP contribution is 2.44. The Labute approximate surface area is 206 Å². The van der Waals surface area contributed by atoms with Crippen molar-refractivity contribution in [2.75, 3.05) is 31.5 Å². The highest BCUT2D eigenvalue weighted by molar-refractivity contribution is 7.18. The van der Waals surface area contributed by atoms with E-state index >= 15 is 0 Å². The van der Waals surface area contributed by atoms with E-state index in [2.05, 4.69) is 10.6 Å². The van der Waals surface area contributed by atoms with Crippen LogP contribution < -0.4 is 20.1 Å². The fraction of sp³-hybridized carbons (Fsp3) is 0.240. The van der Waals surface area contributed by atoms with Crippen molar-refractivity contribution in [1.82, 2.24) is 0 Å². The van der Waals surface area contributed by atoms with Crippen molar-refractivity contribution in [2.24, 2.45) is 0 Å². The van der Waals surface area contributed by atoms with Crippen LogP contribution in [0.3, 0.4) is 0 Å². The number of thiophene rings is 1. The van der Waals surface area contributed by atoms with Gasteiger partial charge in [0.15, 0.2) is 11.5 Å². The summed E-state index contributed by atoms with van der Waals surface area (Å²) in [5.41, 5.74) is 2.04. The molecule has 1 aromatic heterocycles. The number of nitrogens with one attached hydrogen (secondary N) is 2. The van der Waals surface area contributed by atoms with Crippen LogP contribution in [0.5, 0.6) is 11.5 Å². The fourth-order valence-electron chi connectivity index (χ4n) is 3.82. The first-order chi connectivity index (χ1) is 16.9. The molecule has 3 aromatic rings. The first-order valence-electron chi connectivity index (χ1n) is 10.8. The lowest BCUT2D eigenvalue weighted by molar-refractivity contribution is 0.0435. The number of cyclic esters (lactones) is 1. The Balaban J connectivity index is 1.71. The van der Waals surface area contributed by atoms with Gasteiger partial charge in [0.1, 0.15) is 10.6 Å². The average Bonchev–Trinajstić information content (AvgIpc) is 3.35. The number of para-hydroxylation sites is 1. The smallest absolute Gasteiger partial charge is 0.344 e. The molecule has 0 saturated heterocycles. The van der Waals surface area contributed by atoms with E-state index in [9.17, 15) is 14.4 Å². The van der Waals surface area contributed by atoms with Crippen LogP contribution in [-0.2, 0) is 9.47 Å². The largest absolute Gasteiger partial charge is 0.493 e. The van der Waals surface area contributed by atoms with E-state index in [1.807, 2.05) is 18.2 Å². The van der Waals surface area contributed by atoms with Crippen molar-refractivity contribution in [1.29, 1.82) is 0 Å². The summed E-state index contributed by atoms with van der Waals surface area (Å²) < 4.78 is 21.4. The Hall–Kier alpha value is -4.05. The van der Waals surface area contributed by atoms with Crippen molar-refractivity contribution < 1.29 is 33.3 Å². The average molecular weight is 497 g/mol. The Kier molecular flexibility index (Phi) is 6.92. The van der Waals surface area contributed by atoms with Gasteiger partial charge >= 0.3 is 11.9 Å². The molecule has 1 aliphatic rings. The zero-order valence-corrected chi connectivity index (χ0v) is 20.4. The second-order valence-electron chi connectivity index (χ2n) is 7.50. The van der Waals surface area contributed by atoms with Crippen LogP contribution in [-0.4, -0.2) is 38.7 Å². The van der Waals surface area contributed by atoms with E-state index in [1.165, 1.54) is 14.2 Å². The molecule has 0 aliphatic carbocycles. The van der Waals surface area contributed by atoms with Crippen LogP contribution in [0, 0.1) is 6.92 Å². The number of carbonyl (C=O) groups excluding carboxylic acids is 3. The van der Waals surface area contributed by atoms with Gasteiger partial charge in [-0.25, -0.2) is 9.59 Å². The lowest BCUT2D eigenvalue weighted by Gasteiger charge is -2.15. The van der Waals surface area contributed by atoms with Gasteiger partial charge in [-0.15, -0.1) is 11.3 Å². The van der Waals surface area contributed by atoms with E-state index in [0.717, 1.165) is 11.3 Å². The quantitative estimate of drug-likeness (QED) is 0.429. The number of rotatable bonds is 8. The number of methoxy groups -OCH3 is 2. The Bertz CT molecular complexity index is 1290. The molecule has 0 bridgehead atoms. The molecule has 35 heavy (non-hydrogen) atoms. The number of fused-ring (bicyclic) bond motifs is 1. The molecule has 1 unspecified atom stereocenters. The van der Waals surface area contributed by atoms with E-state index in [0.29, 0.717) is 32.4 Å². The monoisotopic (exact) mass is 496 g/mol. The number of hydrogen-bond donors (Lipinski definition) is 2. The molecule has 0 saturated carbocycles. The highest BCUT2D eigenvalue weighted by atomic mass is 32.1. The minimum atomic E-state index is -0.909. The standard InChI is InChI=1S/C25H24N2O7S/c1-5-33-24(29)17-13(2)20(21(28)26-14-9-7-6-8-10-14)35-23(17)27-22-15-11-12-16(31-3)19(32-4)18(15)25(30)34-22/h6-12,22,27H,5H2,1-4H3,(H,26,28). The lowest BCUT2D eigenvalue weighted by Crippen LogP contribution is -2.14. The molecule has 182 valence electrons.